The molecule has 2 atom stereocenters. The van der Waals surface area contributed by atoms with E-state index >= 15 is 0 Å². The topological polar surface area (TPSA) is 79.8 Å². The fourth-order valence-corrected chi connectivity index (χ4v) is 3.11. The molecular weight excluding hydrogens is 290 g/mol. The van der Waals surface area contributed by atoms with E-state index < -0.39 is 0 Å². The summed E-state index contributed by atoms with van der Waals surface area (Å²) in [5.74, 6) is 1.52. The lowest BCUT2D eigenvalue weighted by Gasteiger charge is -2.20. The summed E-state index contributed by atoms with van der Waals surface area (Å²) in [5.41, 5.74) is 1.60. The van der Waals surface area contributed by atoms with E-state index in [1.165, 1.54) is 0 Å². The highest BCUT2D eigenvalue weighted by molar-refractivity contribution is 5.80. The standard InChI is InChI=1S/C17H21N5O/c1-11-20-15(14-7-3-4-9-19-14)10-16(21-11)22-13-8-5-6-12(13)17(23)18-2/h3-4,7,9-10,12-13H,5-6,8H2,1-2H3,(H,18,23)(H,20,21,22). The Bertz CT molecular complexity index is 689. The van der Waals surface area contributed by atoms with E-state index in [9.17, 15) is 4.79 Å². The average Bonchev–Trinajstić information content (AvgIpc) is 3.02. The van der Waals surface area contributed by atoms with Gasteiger partial charge in [0.15, 0.2) is 0 Å². The van der Waals surface area contributed by atoms with Crippen LogP contribution in [0.15, 0.2) is 30.5 Å². The number of anilines is 1. The summed E-state index contributed by atoms with van der Waals surface area (Å²) in [4.78, 5) is 25.2. The van der Waals surface area contributed by atoms with E-state index in [2.05, 4.69) is 25.6 Å². The van der Waals surface area contributed by atoms with Crippen LogP contribution in [0.25, 0.3) is 11.4 Å². The van der Waals surface area contributed by atoms with Gasteiger partial charge in [-0.15, -0.1) is 0 Å². The van der Waals surface area contributed by atoms with Crippen molar-refractivity contribution in [2.24, 2.45) is 5.92 Å². The summed E-state index contributed by atoms with van der Waals surface area (Å²) in [6, 6.07) is 7.75. The molecule has 1 saturated carbocycles. The summed E-state index contributed by atoms with van der Waals surface area (Å²) in [7, 11) is 1.69. The van der Waals surface area contributed by atoms with E-state index in [0.29, 0.717) is 5.82 Å². The molecule has 2 heterocycles. The number of aryl methyl sites for hydroxylation is 1. The number of nitrogens with one attached hydrogen (secondary N) is 2. The highest BCUT2D eigenvalue weighted by Gasteiger charge is 2.32. The van der Waals surface area contributed by atoms with Crippen molar-refractivity contribution < 1.29 is 4.79 Å². The molecule has 120 valence electrons. The molecule has 0 spiro atoms. The molecule has 2 unspecified atom stereocenters. The molecule has 1 amide bonds. The smallest absolute Gasteiger partial charge is 0.224 e. The summed E-state index contributed by atoms with van der Waals surface area (Å²) >= 11 is 0. The Hall–Kier alpha value is -2.50. The Morgan fingerprint density at radius 1 is 1.22 bits per heavy atom. The van der Waals surface area contributed by atoms with Gasteiger partial charge >= 0.3 is 0 Å². The molecule has 1 aliphatic carbocycles. The molecule has 0 saturated heterocycles. The van der Waals surface area contributed by atoms with Crippen molar-refractivity contribution in [1.29, 1.82) is 0 Å². The minimum Gasteiger partial charge on any atom is -0.366 e. The van der Waals surface area contributed by atoms with E-state index in [0.717, 1.165) is 36.5 Å². The summed E-state index contributed by atoms with van der Waals surface area (Å²) < 4.78 is 0. The number of hydrogen-bond donors (Lipinski definition) is 2. The number of nitrogens with zero attached hydrogens (tertiary/aromatic N) is 3. The molecule has 0 radical (unpaired) electrons. The Balaban J connectivity index is 1.83. The fourth-order valence-electron chi connectivity index (χ4n) is 3.11. The first-order chi connectivity index (χ1) is 11.2. The number of rotatable bonds is 4. The van der Waals surface area contributed by atoms with Gasteiger partial charge in [-0.3, -0.25) is 9.78 Å². The third-order valence-corrected chi connectivity index (χ3v) is 4.20. The van der Waals surface area contributed by atoms with E-state index in [-0.39, 0.29) is 17.9 Å². The average molecular weight is 311 g/mol. The molecule has 6 nitrogen and oxygen atoms in total. The molecule has 0 aliphatic heterocycles. The van der Waals surface area contributed by atoms with Crippen molar-refractivity contribution in [2.45, 2.75) is 32.2 Å². The zero-order valence-corrected chi connectivity index (χ0v) is 13.4. The first-order valence-electron chi connectivity index (χ1n) is 7.92. The van der Waals surface area contributed by atoms with Crippen LogP contribution >= 0.6 is 0 Å². The summed E-state index contributed by atoms with van der Waals surface area (Å²) in [5, 5.41) is 6.17. The third-order valence-electron chi connectivity index (χ3n) is 4.20. The van der Waals surface area contributed by atoms with Gasteiger partial charge in [0.05, 0.1) is 17.3 Å². The van der Waals surface area contributed by atoms with E-state index in [4.69, 9.17) is 0 Å². The number of carbonyl (C=O) groups is 1. The second-order valence-electron chi connectivity index (χ2n) is 5.80. The quantitative estimate of drug-likeness (QED) is 0.904. The molecular formula is C17H21N5O. The second kappa shape index (κ2) is 6.73. The van der Waals surface area contributed by atoms with E-state index in [1.54, 1.807) is 13.2 Å². The van der Waals surface area contributed by atoms with Crippen molar-refractivity contribution in [3.8, 4) is 11.4 Å². The minimum absolute atomic E-state index is 0.00595. The third kappa shape index (κ3) is 3.47. The second-order valence-corrected chi connectivity index (χ2v) is 5.80. The Morgan fingerprint density at radius 3 is 2.83 bits per heavy atom. The van der Waals surface area contributed by atoms with Crippen LogP contribution in [0.1, 0.15) is 25.1 Å². The monoisotopic (exact) mass is 311 g/mol. The number of amides is 1. The molecule has 23 heavy (non-hydrogen) atoms. The van der Waals surface area contributed by atoms with Gasteiger partial charge in [0.2, 0.25) is 5.91 Å². The van der Waals surface area contributed by atoms with Crippen LogP contribution in [0.4, 0.5) is 5.82 Å². The van der Waals surface area contributed by atoms with Crippen molar-refractivity contribution in [2.75, 3.05) is 12.4 Å². The fraction of sp³-hybridized carbons (Fsp3) is 0.412. The van der Waals surface area contributed by atoms with Gasteiger partial charge < -0.3 is 10.6 Å². The summed E-state index contributed by atoms with van der Waals surface area (Å²) in [6.07, 6.45) is 4.68. The van der Waals surface area contributed by atoms with Crippen molar-refractivity contribution in [3.63, 3.8) is 0 Å². The van der Waals surface area contributed by atoms with Crippen LogP contribution in [-0.4, -0.2) is 33.9 Å². The van der Waals surface area contributed by atoms with Crippen molar-refractivity contribution >= 4 is 11.7 Å². The van der Waals surface area contributed by atoms with Crippen LogP contribution in [0, 0.1) is 12.8 Å². The van der Waals surface area contributed by atoms with Crippen LogP contribution < -0.4 is 10.6 Å². The maximum absolute atomic E-state index is 12.0. The lowest BCUT2D eigenvalue weighted by molar-refractivity contribution is -0.124. The van der Waals surface area contributed by atoms with Crippen molar-refractivity contribution in [3.05, 3.63) is 36.3 Å². The summed E-state index contributed by atoms with van der Waals surface area (Å²) in [6.45, 7) is 1.86. The Kier molecular flexibility index (Phi) is 4.50. The van der Waals surface area contributed by atoms with Gasteiger partial charge in [-0.05, 0) is 31.9 Å². The zero-order valence-electron chi connectivity index (χ0n) is 13.4. The SMILES string of the molecule is CNC(=O)C1CCCC1Nc1cc(-c2ccccn2)nc(C)n1. The Morgan fingerprint density at radius 2 is 2.09 bits per heavy atom. The van der Waals surface area contributed by atoms with Crippen molar-refractivity contribution in [1.82, 2.24) is 20.3 Å². The highest BCUT2D eigenvalue weighted by Crippen LogP contribution is 2.29. The first kappa shape index (κ1) is 15.4. The zero-order chi connectivity index (χ0) is 16.2. The first-order valence-corrected chi connectivity index (χ1v) is 7.92. The molecule has 1 fully saturated rings. The van der Waals surface area contributed by atoms with Gasteiger partial charge in [-0.1, -0.05) is 12.5 Å². The van der Waals surface area contributed by atoms with Gasteiger partial charge in [0.25, 0.3) is 0 Å². The molecule has 2 aromatic heterocycles. The largest absolute Gasteiger partial charge is 0.366 e. The maximum atomic E-state index is 12.0. The minimum atomic E-state index is -0.00595. The lowest BCUT2D eigenvalue weighted by atomic mass is 10.0. The van der Waals surface area contributed by atoms with Crippen LogP contribution in [0.5, 0.6) is 0 Å². The van der Waals surface area contributed by atoms with Crippen LogP contribution in [-0.2, 0) is 4.79 Å². The highest BCUT2D eigenvalue weighted by atomic mass is 16.1. The van der Waals surface area contributed by atoms with Gasteiger partial charge in [-0.2, -0.15) is 0 Å². The predicted octanol–water partition coefficient (Wildman–Crippen LogP) is 2.17. The predicted molar refractivity (Wildman–Crippen MR) is 88.8 cm³/mol. The molecule has 6 heteroatoms. The van der Waals surface area contributed by atoms with Crippen LogP contribution in [0.2, 0.25) is 0 Å². The Labute approximate surface area is 135 Å². The molecule has 0 bridgehead atoms. The number of aromatic nitrogens is 3. The number of hydrogen-bond acceptors (Lipinski definition) is 5. The molecule has 2 N–H and O–H groups in total. The van der Waals surface area contributed by atoms with Gasteiger partial charge in [0, 0.05) is 25.4 Å². The maximum Gasteiger partial charge on any atom is 0.224 e. The number of pyridine rings is 1. The van der Waals surface area contributed by atoms with Gasteiger partial charge in [-0.25, -0.2) is 9.97 Å². The van der Waals surface area contributed by atoms with E-state index in [1.807, 2.05) is 31.2 Å². The normalized spacial score (nSPS) is 20.3. The lowest BCUT2D eigenvalue weighted by Crippen LogP contribution is -2.36. The molecule has 0 aromatic carbocycles. The van der Waals surface area contributed by atoms with Crippen LogP contribution in [0.3, 0.4) is 0 Å². The number of carbonyl (C=O) groups excluding carboxylic acids is 1. The molecule has 3 rings (SSSR count). The van der Waals surface area contributed by atoms with Gasteiger partial charge in [0.1, 0.15) is 11.6 Å². The molecule has 1 aliphatic rings. The molecule has 2 aromatic rings.